The third-order valence-electron chi connectivity index (χ3n) is 4.88. The number of thioether (sulfide) groups is 1. The predicted octanol–water partition coefficient (Wildman–Crippen LogP) is 4.61. The van der Waals surface area contributed by atoms with Crippen molar-refractivity contribution >= 4 is 46.2 Å². The Morgan fingerprint density at radius 3 is 2.40 bits per heavy atom. The van der Waals surface area contributed by atoms with Crippen LogP contribution in [-0.4, -0.2) is 37.8 Å². The molecule has 3 aromatic carbocycles. The molecule has 35 heavy (non-hydrogen) atoms. The summed E-state index contributed by atoms with van der Waals surface area (Å²) in [6, 6.07) is 21.5. The Bertz CT molecular complexity index is 1270. The van der Waals surface area contributed by atoms with Crippen molar-refractivity contribution in [1.82, 2.24) is 5.32 Å². The number of amides is 2. The van der Waals surface area contributed by atoms with Gasteiger partial charge in [-0.25, -0.2) is 4.99 Å². The first-order chi connectivity index (χ1) is 17.0. The molecule has 3 aromatic rings. The van der Waals surface area contributed by atoms with Crippen molar-refractivity contribution in [3.8, 4) is 17.2 Å². The number of aliphatic imine (C=N–C) groups is 1. The van der Waals surface area contributed by atoms with Gasteiger partial charge in [0.15, 0.2) is 11.8 Å². The van der Waals surface area contributed by atoms with E-state index >= 15 is 0 Å². The number of carbonyl (C=O) groups excluding carboxylic acids is 2. The smallest absolute Gasteiger partial charge is 0.264 e. The minimum absolute atomic E-state index is 0.151. The summed E-state index contributed by atoms with van der Waals surface area (Å²) in [6.07, 6.45) is 1.77. The Balaban J connectivity index is 1.33. The van der Waals surface area contributed by atoms with Gasteiger partial charge < -0.3 is 24.8 Å². The van der Waals surface area contributed by atoms with Gasteiger partial charge in [-0.3, -0.25) is 9.59 Å². The van der Waals surface area contributed by atoms with E-state index in [1.807, 2.05) is 48.5 Å². The van der Waals surface area contributed by atoms with Gasteiger partial charge in [-0.1, -0.05) is 24.3 Å². The molecule has 0 aliphatic carbocycles. The Kier molecular flexibility index (Phi) is 7.69. The zero-order chi connectivity index (χ0) is 24.6. The molecule has 1 heterocycles. The number of hydrogen-bond donors (Lipinski definition) is 2. The van der Waals surface area contributed by atoms with Crippen molar-refractivity contribution in [2.24, 2.45) is 4.99 Å². The monoisotopic (exact) mass is 489 g/mol. The number of rotatable bonds is 8. The minimum Gasteiger partial charge on any atom is -0.497 e. The average Bonchev–Trinajstić information content (AvgIpc) is 3.22. The highest BCUT2D eigenvalue weighted by Crippen LogP contribution is 2.29. The number of nitrogens with one attached hydrogen (secondary N) is 2. The largest absolute Gasteiger partial charge is 0.497 e. The van der Waals surface area contributed by atoms with Crippen molar-refractivity contribution < 1.29 is 23.8 Å². The molecule has 178 valence electrons. The Morgan fingerprint density at radius 1 is 0.971 bits per heavy atom. The van der Waals surface area contributed by atoms with Crippen molar-refractivity contribution in [3.05, 3.63) is 83.3 Å². The van der Waals surface area contributed by atoms with Gasteiger partial charge in [-0.15, -0.1) is 0 Å². The Hall–Kier alpha value is -4.24. The molecule has 9 heteroatoms. The summed E-state index contributed by atoms with van der Waals surface area (Å²) in [5, 5.41) is 6.04. The third-order valence-corrected chi connectivity index (χ3v) is 5.79. The molecule has 0 bridgehead atoms. The van der Waals surface area contributed by atoms with Crippen LogP contribution in [0, 0.1) is 0 Å². The number of benzene rings is 3. The number of amidine groups is 1. The molecule has 0 spiro atoms. The van der Waals surface area contributed by atoms with Crippen LogP contribution in [-0.2, 0) is 9.59 Å². The second-order valence-electron chi connectivity index (χ2n) is 7.29. The van der Waals surface area contributed by atoms with Gasteiger partial charge in [-0.05, 0) is 71.9 Å². The lowest BCUT2D eigenvalue weighted by atomic mass is 10.2. The maximum Gasteiger partial charge on any atom is 0.264 e. The van der Waals surface area contributed by atoms with Gasteiger partial charge >= 0.3 is 0 Å². The first kappa shape index (κ1) is 23.9. The second kappa shape index (κ2) is 11.3. The van der Waals surface area contributed by atoms with Gasteiger partial charge in [-0.2, -0.15) is 0 Å². The quantitative estimate of drug-likeness (QED) is 0.449. The predicted molar refractivity (Wildman–Crippen MR) is 137 cm³/mol. The van der Waals surface area contributed by atoms with Gasteiger partial charge in [0, 0.05) is 0 Å². The van der Waals surface area contributed by atoms with Crippen molar-refractivity contribution in [3.63, 3.8) is 0 Å². The number of hydrogen-bond acceptors (Lipinski definition) is 7. The van der Waals surface area contributed by atoms with E-state index in [1.54, 1.807) is 44.6 Å². The molecule has 4 rings (SSSR count). The van der Waals surface area contributed by atoms with Crippen LogP contribution in [0.5, 0.6) is 17.2 Å². The minimum atomic E-state index is -0.302. The maximum absolute atomic E-state index is 12.3. The first-order valence-corrected chi connectivity index (χ1v) is 11.4. The SMILES string of the molecule is COc1ccc(N=C2NC(=O)/C(=C\c3ccc(OCC(=O)Nc4ccccc4OC)cc3)S2)cc1. The molecule has 1 aliphatic heterocycles. The van der Waals surface area contributed by atoms with Gasteiger partial charge in [0.25, 0.3) is 11.8 Å². The highest BCUT2D eigenvalue weighted by molar-refractivity contribution is 8.18. The number of para-hydroxylation sites is 2. The molecule has 0 unspecified atom stereocenters. The lowest BCUT2D eigenvalue weighted by Gasteiger charge is -2.10. The fourth-order valence-corrected chi connectivity index (χ4v) is 3.99. The zero-order valence-electron chi connectivity index (χ0n) is 19.1. The van der Waals surface area contributed by atoms with Crippen molar-refractivity contribution in [2.45, 2.75) is 0 Å². The zero-order valence-corrected chi connectivity index (χ0v) is 19.9. The molecule has 8 nitrogen and oxygen atoms in total. The maximum atomic E-state index is 12.3. The normalized spacial score (nSPS) is 15.1. The second-order valence-corrected chi connectivity index (χ2v) is 8.32. The molecule has 0 atom stereocenters. The van der Waals surface area contributed by atoms with Crippen molar-refractivity contribution in [1.29, 1.82) is 0 Å². The third kappa shape index (κ3) is 6.42. The van der Waals surface area contributed by atoms with Gasteiger partial charge in [0.1, 0.15) is 17.2 Å². The van der Waals surface area contributed by atoms with Gasteiger partial charge in [0.05, 0.1) is 30.5 Å². The summed E-state index contributed by atoms with van der Waals surface area (Å²) in [5.41, 5.74) is 2.11. The van der Waals surface area contributed by atoms with Crippen LogP contribution in [0.4, 0.5) is 11.4 Å². The lowest BCUT2D eigenvalue weighted by Crippen LogP contribution is -2.20. The number of methoxy groups -OCH3 is 2. The van der Waals surface area contributed by atoms with E-state index in [0.29, 0.717) is 32.9 Å². The summed E-state index contributed by atoms with van der Waals surface area (Å²) in [4.78, 5) is 29.5. The van der Waals surface area contributed by atoms with Crippen LogP contribution in [0.1, 0.15) is 5.56 Å². The molecular formula is C26H23N3O5S. The van der Waals surface area contributed by atoms with Crippen LogP contribution >= 0.6 is 11.8 Å². The molecular weight excluding hydrogens is 466 g/mol. The topological polar surface area (TPSA) is 98.3 Å². The van der Waals surface area contributed by atoms with E-state index in [2.05, 4.69) is 15.6 Å². The van der Waals surface area contributed by atoms with E-state index < -0.39 is 0 Å². The van der Waals surface area contributed by atoms with Crippen LogP contribution in [0.2, 0.25) is 0 Å². The van der Waals surface area contributed by atoms with Crippen LogP contribution < -0.4 is 24.8 Å². The lowest BCUT2D eigenvalue weighted by molar-refractivity contribution is -0.118. The van der Waals surface area contributed by atoms with E-state index in [4.69, 9.17) is 14.2 Å². The van der Waals surface area contributed by atoms with E-state index in [0.717, 1.165) is 11.3 Å². The molecule has 0 radical (unpaired) electrons. The Morgan fingerprint density at radius 2 is 1.69 bits per heavy atom. The van der Waals surface area contributed by atoms with E-state index in [1.165, 1.54) is 11.8 Å². The molecule has 2 amide bonds. The first-order valence-electron chi connectivity index (χ1n) is 10.6. The molecule has 2 N–H and O–H groups in total. The van der Waals surface area contributed by atoms with E-state index in [-0.39, 0.29) is 18.4 Å². The highest BCUT2D eigenvalue weighted by atomic mass is 32.2. The summed E-state index contributed by atoms with van der Waals surface area (Å²) < 4.78 is 15.9. The fraction of sp³-hybridized carbons (Fsp3) is 0.115. The number of nitrogens with zero attached hydrogens (tertiary/aromatic N) is 1. The van der Waals surface area contributed by atoms with Crippen molar-refractivity contribution in [2.75, 3.05) is 26.1 Å². The molecule has 1 aliphatic rings. The fourth-order valence-electron chi connectivity index (χ4n) is 3.15. The van der Waals surface area contributed by atoms with Crippen LogP contribution in [0.25, 0.3) is 6.08 Å². The summed E-state index contributed by atoms with van der Waals surface area (Å²) in [5.74, 6) is 1.33. The number of carbonyl (C=O) groups is 2. The summed E-state index contributed by atoms with van der Waals surface area (Å²) >= 11 is 1.27. The van der Waals surface area contributed by atoms with Crippen LogP contribution in [0.15, 0.2) is 82.7 Å². The summed E-state index contributed by atoms with van der Waals surface area (Å²) in [6.45, 7) is -0.151. The summed E-state index contributed by atoms with van der Waals surface area (Å²) in [7, 11) is 3.14. The van der Waals surface area contributed by atoms with E-state index in [9.17, 15) is 9.59 Å². The molecule has 0 saturated carbocycles. The standard InChI is InChI=1S/C26H23N3O5S/c1-32-19-13-9-18(10-14-19)27-26-29-25(31)23(35-26)15-17-7-11-20(12-8-17)34-16-24(30)28-21-5-3-4-6-22(21)33-2/h3-15H,16H2,1-2H3,(H,28,30)(H,27,29,31)/b23-15+. The molecule has 0 aromatic heterocycles. The highest BCUT2D eigenvalue weighted by Gasteiger charge is 2.23. The molecule has 1 saturated heterocycles. The number of ether oxygens (including phenoxy) is 3. The Labute approximate surface area is 207 Å². The van der Waals surface area contributed by atoms with Gasteiger partial charge in [0.2, 0.25) is 0 Å². The number of anilines is 1. The van der Waals surface area contributed by atoms with Crippen LogP contribution in [0.3, 0.4) is 0 Å². The average molecular weight is 490 g/mol. The molecule has 1 fully saturated rings.